The van der Waals surface area contributed by atoms with E-state index in [4.69, 9.17) is 0 Å². The molecule has 0 radical (unpaired) electrons. The summed E-state index contributed by atoms with van der Waals surface area (Å²) in [6, 6.07) is 11.2. The predicted molar refractivity (Wildman–Crippen MR) is 79.9 cm³/mol. The number of nitrogens with zero attached hydrogens (tertiary/aromatic N) is 1. The van der Waals surface area contributed by atoms with Crippen LogP contribution in [0.2, 0.25) is 0 Å². The van der Waals surface area contributed by atoms with Crippen molar-refractivity contribution in [1.82, 2.24) is 4.90 Å². The lowest BCUT2D eigenvalue weighted by Crippen LogP contribution is -2.39. The second-order valence-corrected chi connectivity index (χ2v) is 5.72. The largest absolute Gasteiger partial charge is 0.507 e. The molecule has 1 aliphatic heterocycles. The lowest BCUT2D eigenvalue weighted by atomic mass is 9.98. The number of carbonyl (C=O) groups is 1. The van der Waals surface area contributed by atoms with Gasteiger partial charge < -0.3 is 10.0 Å². The van der Waals surface area contributed by atoms with Gasteiger partial charge in [-0.25, -0.2) is 0 Å². The van der Waals surface area contributed by atoms with Gasteiger partial charge in [-0.05, 0) is 41.7 Å². The van der Waals surface area contributed by atoms with Gasteiger partial charge in [-0.1, -0.05) is 31.2 Å². The van der Waals surface area contributed by atoms with E-state index in [0.717, 1.165) is 30.3 Å². The van der Waals surface area contributed by atoms with Crippen molar-refractivity contribution in [2.24, 2.45) is 5.92 Å². The Hall–Kier alpha value is -2.03. The Balaban J connectivity index is 1.96. The number of aromatic hydroxyl groups is 1. The lowest BCUT2D eigenvalue weighted by molar-refractivity contribution is 0.0680. The summed E-state index contributed by atoms with van der Waals surface area (Å²) in [5.74, 6) is 0.557. The van der Waals surface area contributed by atoms with E-state index >= 15 is 0 Å². The van der Waals surface area contributed by atoms with Crippen LogP contribution in [0.3, 0.4) is 0 Å². The average molecular weight is 269 g/mol. The van der Waals surface area contributed by atoms with Crippen LogP contribution >= 0.6 is 0 Å². The summed E-state index contributed by atoms with van der Waals surface area (Å²) >= 11 is 0. The van der Waals surface area contributed by atoms with Crippen LogP contribution in [-0.2, 0) is 0 Å². The maximum absolute atomic E-state index is 12.6. The third kappa shape index (κ3) is 2.36. The van der Waals surface area contributed by atoms with E-state index in [-0.39, 0.29) is 11.7 Å². The molecule has 3 heteroatoms. The summed E-state index contributed by atoms with van der Waals surface area (Å²) in [7, 11) is 0. The number of rotatable bonds is 1. The van der Waals surface area contributed by atoms with Gasteiger partial charge in [0.1, 0.15) is 5.75 Å². The Morgan fingerprint density at radius 1 is 1.25 bits per heavy atom. The summed E-state index contributed by atoms with van der Waals surface area (Å²) < 4.78 is 0. The van der Waals surface area contributed by atoms with E-state index in [1.165, 1.54) is 6.42 Å². The highest BCUT2D eigenvalue weighted by atomic mass is 16.3. The molecule has 104 valence electrons. The highest BCUT2D eigenvalue weighted by Gasteiger charge is 2.24. The molecule has 0 spiro atoms. The van der Waals surface area contributed by atoms with Crippen molar-refractivity contribution in [3.63, 3.8) is 0 Å². The van der Waals surface area contributed by atoms with E-state index in [9.17, 15) is 9.90 Å². The molecule has 0 aliphatic carbocycles. The maximum Gasteiger partial charge on any atom is 0.257 e. The Kier molecular flexibility index (Phi) is 3.35. The van der Waals surface area contributed by atoms with Crippen molar-refractivity contribution < 1.29 is 9.90 Å². The molecule has 1 amide bonds. The van der Waals surface area contributed by atoms with Crippen LogP contribution in [0, 0.1) is 5.92 Å². The normalized spacial score (nSPS) is 19.2. The SMILES string of the molecule is C[C@@H]1CCCN(C(=O)c2cc3ccccc3cc2O)C1. The third-order valence-corrected chi connectivity index (χ3v) is 4.04. The van der Waals surface area contributed by atoms with E-state index in [2.05, 4.69) is 6.92 Å². The summed E-state index contributed by atoms with van der Waals surface area (Å²) in [5.41, 5.74) is 0.415. The zero-order valence-corrected chi connectivity index (χ0v) is 11.7. The number of benzene rings is 2. The molecule has 2 aromatic carbocycles. The molecule has 1 aliphatic rings. The molecular weight excluding hydrogens is 250 g/mol. The van der Waals surface area contributed by atoms with Crippen molar-refractivity contribution in [2.75, 3.05) is 13.1 Å². The number of fused-ring (bicyclic) bond motifs is 1. The van der Waals surface area contributed by atoms with E-state index in [1.54, 1.807) is 12.1 Å². The van der Waals surface area contributed by atoms with Crippen molar-refractivity contribution in [3.05, 3.63) is 42.0 Å². The number of likely N-dealkylation sites (tertiary alicyclic amines) is 1. The number of amides is 1. The molecule has 1 N–H and O–H groups in total. The second kappa shape index (κ2) is 5.16. The number of hydrogen-bond donors (Lipinski definition) is 1. The van der Waals surface area contributed by atoms with Crippen LogP contribution in [0.4, 0.5) is 0 Å². The van der Waals surface area contributed by atoms with Crippen LogP contribution < -0.4 is 0 Å². The first kappa shape index (κ1) is 13.0. The molecule has 1 saturated heterocycles. The van der Waals surface area contributed by atoms with Crippen LogP contribution in [0.1, 0.15) is 30.1 Å². The number of phenolic OH excluding ortho intramolecular Hbond substituents is 1. The van der Waals surface area contributed by atoms with Crippen LogP contribution in [0.15, 0.2) is 36.4 Å². The first-order valence-corrected chi connectivity index (χ1v) is 7.16. The number of hydrogen-bond acceptors (Lipinski definition) is 2. The van der Waals surface area contributed by atoms with Crippen LogP contribution in [0.5, 0.6) is 5.75 Å². The second-order valence-electron chi connectivity index (χ2n) is 5.72. The first-order valence-electron chi connectivity index (χ1n) is 7.16. The predicted octanol–water partition coefficient (Wildman–Crippen LogP) is 3.42. The molecule has 0 unspecified atom stereocenters. The summed E-state index contributed by atoms with van der Waals surface area (Å²) in [6.07, 6.45) is 2.22. The smallest absolute Gasteiger partial charge is 0.257 e. The van der Waals surface area contributed by atoms with E-state index in [0.29, 0.717) is 11.5 Å². The minimum absolute atomic E-state index is 0.0557. The van der Waals surface area contributed by atoms with Gasteiger partial charge in [0.05, 0.1) is 5.56 Å². The van der Waals surface area contributed by atoms with E-state index < -0.39 is 0 Å². The standard InChI is InChI=1S/C17H19NO2/c1-12-5-4-8-18(11-12)17(20)15-9-13-6-2-3-7-14(13)10-16(15)19/h2-3,6-7,9-10,12,19H,4-5,8,11H2,1H3/t12-/m1/s1. The quantitative estimate of drug-likeness (QED) is 0.861. The first-order chi connectivity index (χ1) is 9.65. The topological polar surface area (TPSA) is 40.5 Å². The molecule has 3 rings (SSSR count). The molecule has 1 heterocycles. The van der Waals surface area contributed by atoms with Gasteiger partial charge in [0.2, 0.25) is 0 Å². The zero-order chi connectivity index (χ0) is 14.1. The van der Waals surface area contributed by atoms with Gasteiger partial charge in [0, 0.05) is 13.1 Å². The van der Waals surface area contributed by atoms with Crippen molar-refractivity contribution in [2.45, 2.75) is 19.8 Å². The van der Waals surface area contributed by atoms with Crippen molar-refractivity contribution in [3.8, 4) is 5.75 Å². The van der Waals surface area contributed by atoms with Gasteiger partial charge in [-0.2, -0.15) is 0 Å². The van der Waals surface area contributed by atoms with Gasteiger partial charge in [-0.3, -0.25) is 4.79 Å². The summed E-state index contributed by atoms with van der Waals surface area (Å²) in [4.78, 5) is 14.4. The Morgan fingerprint density at radius 3 is 2.65 bits per heavy atom. The molecule has 1 atom stereocenters. The van der Waals surface area contributed by atoms with Crippen molar-refractivity contribution in [1.29, 1.82) is 0 Å². The maximum atomic E-state index is 12.6. The van der Waals surface area contributed by atoms with Gasteiger partial charge >= 0.3 is 0 Å². The van der Waals surface area contributed by atoms with Gasteiger partial charge in [-0.15, -0.1) is 0 Å². The molecule has 1 fully saturated rings. The Morgan fingerprint density at radius 2 is 1.95 bits per heavy atom. The summed E-state index contributed by atoms with van der Waals surface area (Å²) in [5, 5.41) is 12.1. The molecule has 2 aromatic rings. The lowest BCUT2D eigenvalue weighted by Gasteiger charge is -2.31. The molecular formula is C17H19NO2. The van der Waals surface area contributed by atoms with Crippen LogP contribution in [0.25, 0.3) is 10.8 Å². The highest BCUT2D eigenvalue weighted by Crippen LogP contribution is 2.27. The highest BCUT2D eigenvalue weighted by molar-refractivity contribution is 6.01. The fourth-order valence-electron chi connectivity index (χ4n) is 2.94. The number of phenols is 1. The average Bonchev–Trinajstić information content (AvgIpc) is 2.46. The minimum atomic E-state index is -0.0557. The Labute approximate surface area is 118 Å². The fourth-order valence-corrected chi connectivity index (χ4v) is 2.94. The molecule has 20 heavy (non-hydrogen) atoms. The molecule has 0 aromatic heterocycles. The number of carbonyl (C=O) groups excluding carboxylic acids is 1. The fraction of sp³-hybridized carbons (Fsp3) is 0.353. The minimum Gasteiger partial charge on any atom is -0.507 e. The molecule has 3 nitrogen and oxygen atoms in total. The third-order valence-electron chi connectivity index (χ3n) is 4.04. The Bertz CT molecular complexity index is 650. The van der Waals surface area contributed by atoms with Crippen molar-refractivity contribution >= 4 is 16.7 Å². The summed E-state index contributed by atoms with van der Waals surface area (Å²) in [6.45, 7) is 3.74. The number of piperidine rings is 1. The zero-order valence-electron chi connectivity index (χ0n) is 11.7. The monoisotopic (exact) mass is 269 g/mol. The molecule has 0 saturated carbocycles. The van der Waals surface area contributed by atoms with Gasteiger partial charge in [0.25, 0.3) is 5.91 Å². The van der Waals surface area contributed by atoms with Crippen LogP contribution in [-0.4, -0.2) is 29.0 Å². The molecule has 0 bridgehead atoms. The van der Waals surface area contributed by atoms with Gasteiger partial charge in [0.15, 0.2) is 0 Å². The van der Waals surface area contributed by atoms with E-state index in [1.807, 2.05) is 29.2 Å².